The molecule has 1 aromatic rings. The second-order valence-electron chi connectivity index (χ2n) is 2.19. The average Bonchev–Trinajstić information content (AvgIpc) is 2.13. The molecule has 72 valence electrons. The van der Waals surface area contributed by atoms with Crippen LogP contribution in [0.2, 0.25) is 0 Å². The number of hydrogen-bond acceptors (Lipinski definition) is 1. The number of carbonyl (C=O) groups excluding carboxylic acids is 1. The Bertz CT molecular complexity index is 295. The van der Waals surface area contributed by atoms with Crippen molar-refractivity contribution < 1.29 is 13.6 Å². The first-order chi connectivity index (χ1) is 6.11. The second kappa shape index (κ2) is 5.41. The van der Waals surface area contributed by atoms with Crippen LogP contribution in [0.4, 0.5) is 8.78 Å². The van der Waals surface area contributed by atoms with Crippen LogP contribution in [0.15, 0.2) is 18.2 Å². The normalized spacial score (nSPS) is 8.69. The lowest BCUT2D eigenvalue weighted by molar-refractivity contribution is 0.101. The Morgan fingerprint density at radius 1 is 1.15 bits per heavy atom. The minimum atomic E-state index is -0.988. The third-order valence-electron chi connectivity index (χ3n) is 1.33. The molecular formula is C10H12F2O. The highest BCUT2D eigenvalue weighted by Gasteiger charge is 2.04. The number of benzene rings is 1. The zero-order valence-electron chi connectivity index (χ0n) is 7.90. The standard InChI is InChI=1S/C8H6F2O.C2H6/c1-5(11)6-2-3-7(9)8(10)4-6;1-2/h2-4H,1H3;1-2H3. The molecule has 1 aromatic carbocycles. The highest BCUT2D eigenvalue weighted by atomic mass is 19.2. The SMILES string of the molecule is CC.CC(=O)c1ccc(F)c(F)c1. The number of Topliss-reactive ketones (excluding diaryl/α,β-unsaturated/α-hetero) is 1. The van der Waals surface area contributed by atoms with E-state index in [1.807, 2.05) is 13.8 Å². The molecule has 0 aliphatic rings. The van der Waals surface area contributed by atoms with E-state index in [1.54, 1.807) is 0 Å². The average molecular weight is 186 g/mol. The quantitative estimate of drug-likeness (QED) is 0.615. The molecule has 1 nitrogen and oxygen atoms in total. The molecule has 0 atom stereocenters. The first-order valence-corrected chi connectivity index (χ1v) is 4.07. The Balaban J connectivity index is 0.000000671. The summed E-state index contributed by atoms with van der Waals surface area (Å²) in [5.74, 6) is -2.20. The van der Waals surface area contributed by atoms with Crippen LogP contribution in [0.5, 0.6) is 0 Å². The van der Waals surface area contributed by atoms with E-state index in [-0.39, 0.29) is 11.3 Å². The molecule has 1 rings (SSSR count). The fourth-order valence-electron chi connectivity index (χ4n) is 0.715. The summed E-state index contributed by atoms with van der Waals surface area (Å²) >= 11 is 0. The summed E-state index contributed by atoms with van der Waals surface area (Å²) < 4.78 is 24.7. The number of halogens is 2. The van der Waals surface area contributed by atoms with Gasteiger partial charge in [0.2, 0.25) is 0 Å². The first kappa shape index (κ1) is 11.8. The maximum atomic E-state index is 12.4. The van der Waals surface area contributed by atoms with Crippen molar-refractivity contribution in [1.82, 2.24) is 0 Å². The molecule has 0 radical (unpaired) electrons. The van der Waals surface area contributed by atoms with E-state index in [4.69, 9.17) is 0 Å². The van der Waals surface area contributed by atoms with E-state index in [9.17, 15) is 13.6 Å². The van der Waals surface area contributed by atoms with E-state index in [1.165, 1.54) is 13.0 Å². The highest BCUT2D eigenvalue weighted by Crippen LogP contribution is 2.08. The molecule has 13 heavy (non-hydrogen) atoms. The molecule has 0 saturated heterocycles. The van der Waals surface area contributed by atoms with Crippen molar-refractivity contribution in [3.8, 4) is 0 Å². The van der Waals surface area contributed by atoms with Gasteiger partial charge in [-0.05, 0) is 25.1 Å². The summed E-state index contributed by atoms with van der Waals surface area (Å²) in [5.41, 5.74) is 0.184. The second-order valence-corrected chi connectivity index (χ2v) is 2.19. The zero-order valence-corrected chi connectivity index (χ0v) is 7.90. The monoisotopic (exact) mass is 186 g/mol. The number of hydrogen-bond donors (Lipinski definition) is 0. The molecule has 0 saturated carbocycles. The number of rotatable bonds is 1. The van der Waals surface area contributed by atoms with Gasteiger partial charge in [-0.3, -0.25) is 4.79 Å². The predicted molar refractivity (Wildman–Crippen MR) is 47.7 cm³/mol. The minimum Gasteiger partial charge on any atom is -0.295 e. The zero-order chi connectivity index (χ0) is 10.4. The third kappa shape index (κ3) is 3.32. The lowest BCUT2D eigenvalue weighted by Crippen LogP contribution is -1.94. The van der Waals surface area contributed by atoms with E-state index in [0.717, 1.165) is 12.1 Å². The smallest absolute Gasteiger partial charge is 0.159 e. The largest absolute Gasteiger partial charge is 0.295 e. The van der Waals surface area contributed by atoms with Gasteiger partial charge < -0.3 is 0 Å². The van der Waals surface area contributed by atoms with Crippen LogP contribution < -0.4 is 0 Å². The van der Waals surface area contributed by atoms with Crippen molar-refractivity contribution in [3.63, 3.8) is 0 Å². The molecule has 0 heterocycles. The summed E-state index contributed by atoms with van der Waals surface area (Å²) in [6, 6.07) is 3.07. The van der Waals surface area contributed by atoms with Crippen molar-refractivity contribution in [2.75, 3.05) is 0 Å². The molecule has 3 heteroatoms. The molecular weight excluding hydrogens is 174 g/mol. The molecule has 0 N–H and O–H groups in total. The summed E-state index contributed by atoms with van der Waals surface area (Å²) in [6.07, 6.45) is 0. The summed E-state index contributed by atoms with van der Waals surface area (Å²) in [7, 11) is 0. The predicted octanol–water partition coefficient (Wildman–Crippen LogP) is 3.19. The van der Waals surface area contributed by atoms with Crippen LogP contribution >= 0.6 is 0 Å². The molecule has 0 unspecified atom stereocenters. The van der Waals surface area contributed by atoms with Gasteiger partial charge in [0, 0.05) is 5.56 Å². The van der Waals surface area contributed by atoms with Gasteiger partial charge in [0.15, 0.2) is 17.4 Å². The summed E-state index contributed by atoms with van der Waals surface area (Å²) in [4.78, 5) is 10.6. The third-order valence-corrected chi connectivity index (χ3v) is 1.33. The molecule has 0 aliphatic heterocycles. The van der Waals surface area contributed by atoms with E-state index in [2.05, 4.69) is 0 Å². The van der Waals surface area contributed by atoms with Gasteiger partial charge in [-0.2, -0.15) is 0 Å². The Morgan fingerprint density at radius 2 is 1.69 bits per heavy atom. The highest BCUT2D eigenvalue weighted by molar-refractivity contribution is 5.93. The Morgan fingerprint density at radius 3 is 2.08 bits per heavy atom. The molecule has 0 aliphatic carbocycles. The Kier molecular flexibility index (Phi) is 4.89. The maximum Gasteiger partial charge on any atom is 0.159 e. The van der Waals surface area contributed by atoms with Gasteiger partial charge in [0.1, 0.15) is 0 Å². The van der Waals surface area contributed by atoms with Crippen molar-refractivity contribution in [2.45, 2.75) is 20.8 Å². The topological polar surface area (TPSA) is 17.1 Å². The van der Waals surface area contributed by atoms with Crippen molar-refractivity contribution >= 4 is 5.78 Å². The number of ketones is 1. The minimum absolute atomic E-state index is 0.184. The summed E-state index contributed by atoms with van der Waals surface area (Å²) in [5, 5.41) is 0. The molecule has 0 aromatic heterocycles. The van der Waals surface area contributed by atoms with Crippen molar-refractivity contribution in [3.05, 3.63) is 35.4 Å². The van der Waals surface area contributed by atoms with E-state index in [0.29, 0.717) is 0 Å². The Labute approximate surface area is 76.4 Å². The van der Waals surface area contributed by atoms with E-state index < -0.39 is 11.6 Å². The van der Waals surface area contributed by atoms with Crippen LogP contribution in [0.3, 0.4) is 0 Å². The van der Waals surface area contributed by atoms with Gasteiger partial charge in [-0.1, -0.05) is 13.8 Å². The maximum absolute atomic E-state index is 12.4. The number of carbonyl (C=O) groups is 1. The van der Waals surface area contributed by atoms with Gasteiger partial charge in [-0.15, -0.1) is 0 Å². The van der Waals surface area contributed by atoms with Crippen LogP contribution in [-0.2, 0) is 0 Å². The van der Waals surface area contributed by atoms with Crippen LogP contribution in [0.1, 0.15) is 31.1 Å². The van der Waals surface area contributed by atoms with Gasteiger partial charge >= 0.3 is 0 Å². The van der Waals surface area contributed by atoms with Gasteiger partial charge in [-0.25, -0.2) is 8.78 Å². The lowest BCUT2D eigenvalue weighted by Gasteiger charge is -1.95. The van der Waals surface area contributed by atoms with Gasteiger partial charge in [0.05, 0.1) is 0 Å². The Hall–Kier alpha value is -1.25. The van der Waals surface area contributed by atoms with Crippen molar-refractivity contribution in [1.29, 1.82) is 0 Å². The molecule has 0 fully saturated rings. The van der Waals surface area contributed by atoms with Crippen LogP contribution in [0, 0.1) is 11.6 Å². The fourth-order valence-corrected chi connectivity index (χ4v) is 0.715. The summed E-state index contributed by atoms with van der Waals surface area (Å²) in [6.45, 7) is 5.30. The van der Waals surface area contributed by atoms with Crippen molar-refractivity contribution in [2.24, 2.45) is 0 Å². The lowest BCUT2D eigenvalue weighted by atomic mass is 10.1. The molecule has 0 bridgehead atoms. The molecule has 0 spiro atoms. The molecule has 0 amide bonds. The van der Waals surface area contributed by atoms with Crippen LogP contribution in [0.25, 0.3) is 0 Å². The van der Waals surface area contributed by atoms with E-state index >= 15 is 0 Å². The fraction of sp³-hybridized carbons (Fsp3) is 0.300. The van der Waals surface area contributed by atoms with Gasteiger partial charge in [0.25, 0.3) is 0 Å². The first-order valence-electron chi connectivity index (χ1n) is 4.07. The van der Waals surface area contributed by atoms with Crippen LogP contribution in [-0.4, -0.2) is 5.78 Å².